The summed E-state index contributed by atoms with van der Waals surface area (Å²) in [6, 6.07) is 3.17. The van der Waals surface area contributed by atoms with Crippen LogP contribution < -0.4 is 21.8 Å². The Bertz CT molecular complexity index is 966. The summed E-state index contributed by atoms with van der Waals surface area (Å²) in [6.07, 6.45) is 0. The van der Waals surface area contributed by atoms with Crippen molar-refractivity contribution in [2.75, 3.05) is 19.3 Å². The number of pyridine rings is 2. The molecule has 0 radical (unpaired) electrons. The van der Waals surface area contributed by atoms with Crippen molar-refractivity contribution in [2.24, 2.45) is 0 Å². The van der Waals surface area contributed by atoms with Crippen LogP contribution in [0.15, 0.2) is 16.9 Å². The van der Waals surface area contributed by atoms with Crippen LogP contribution in [0, 0.1) is 11.8 Å². The zero-order chi connectivity index (χ0) is 18.6. The minimum absolute atomic E-state index is 0.0650. The van der Waals surface area contributed by atoms with Gasteiger partial charge in [0.05, 0.1) is 11.9 Å². The molecule has 2 amide bonds. The van der Waals surface area contributed by atoms with Crippen LogP contribution in [-0.4, -0.2) is 35.0 Å². The van der Waals surface area contributed by atoms with E-state index in [0.29, 0.717) is 23.3 Å². The summed E-state index contributed by atoms with van der Waals surface area (Å²) in [4.78, 5) is 39.8. The van der Waals surface area contributed by atoms with E-state index in [1.165, 1.54) is 14.0 Å². The molecule has 0 saturated heterocycles. The van der Waals surface area contributed by atoms with Gasteiger partial charge in [-0.15, -0.1) is 0 Å². The number of aromatic nitrogens is 2. The Balaban J connectivity index is 2.61. The highest BCUT2D eigenvalue weighted by molar-refractivity contribution is 6.01. The van der Waals surface area contributed by atoms with Crippen molar-refractivity contribution in [1.29, 1.82) is 0 Å². The summed E-state index contributed by atoms with van der Waals surface area (Å²) in [5.41, 5.74) is 6.26. The van der Waals surface area contributed by atoms with Crippen molar-refractivity contribution in [3.05, 3.63) is 33.6 Å². The van der Waals surface area contributed by atoms with Crippen LogP contribution in [0.5, 0.6) is 0 Å². The lowest BCUT2D eigenvalue weighted by Crippen LogP contribution is -2.30. The highest BCUT2D eigenvalue weighted by Gasteiger charge is 2.20. The molecule has 2 aromatic heterocycles. The van der Waals surface area contributed by atoms with Gasteiger partial charge >= 0.3 is 0 Å². The third-order valence-corrected chi connectivity index (χ3v) is 3.56. The lowest BCUT2D eigenvalue weighted by molar-refractivity contribution is -0.118. The van der Waals surface area contributed by atoms with E-state index >= 15 is 0 Å². The van der Waals surface area contributed by atoms with Crippen LogP contribution in [-0.2, 0) is 11.3 Å². The Morgan fingerprint density at radius 3 is 2.68 bits per heavy atom. The number of nitrogen functional groups attached to an aromatic ring is 1. The molecule has 130 valence electrons. The van der Waals surface area contributed by atoms with Gasteiger partial charge in [-0.3, -0.25) is 14.4 Å². The van der Waals surface area contributed by atoms with Gasteiger partial charge in [0.15, 0.2) is 0 Å². The average molecular weight is 341 g/mol. The molecule has 0 aliphatic carbocycles. The standard InChI is InChI=1S/C17H19N5O3/c1-4-22-15(18)13(17(25)19-3)14(24)12-8-7-11(21-16(12)22)6-5-9-20-10(2)23/h7-8H,4,9,18H2,1-3H3,(H,19,25)(H,20,23). The molecule has 0 fully saturated rings. The Morgan fingerprint density at radius 1 is 1.36 bits per heavy atom. The number of nitrogens with zero attached hydrogens (tertiary/aromatic N) is 2. The Hall–Kier alpha value is -3.34. The van der Waals surface area contributed by atoms with Crippen molar-refractivity contribution in [3.63, 3.8) is 0 Å². The number of carbonyl (C=O) groups is 2. The molecular weight excluding hydrogens is 322 g/mol. The van der Waals surface area contributed by atoms with Gasteiger partial charge in [0, 0.05) is 20.5 Å². The zero-order valence-corrected chi connectivity index (χ0v) is 14.3. The maximum absolute atomic E-state index is 12.6. The molecule has 0 spiro atoms. The van der Waals surface area contributed by atoms with Crippen molar-refractivity contribution < 1.29 is 9.59 Å². The molecule has 25 heavy (non-hydrogen) atoms. The van der Waals surface area contributed by atoms with Gasteiger partial charge in [0.25, 0.3) is 5.91 Å². The minimum Gasteiger partial charge on any atom is -0.384 e. The normalized spacial score (nSPS) is 10.0. The van der Waals surface area contributed by atoms with Crippen LogP contribution in [0.25, 0.3) is 11.0 Å². The van der Waals surface area contributed by atoms with E-state index < -0.39 is 11.3 Å². The fourth-order valence-electron chi connectivity index (χ4n) is 2.37. The highest BCUT2D eigenvalue weighted by atomic mass is 16.2. The molecule has 0 unspecified atom stereocenters. The Kier molecular flexibility index (Phi) is 5.39. The molecule has 2 aromatic rings. The molecule has 2 rings (SSSR count). The zero-order valence-electron chi connectivity index (χ0n) is 14.3. The number of carbonyl (C=O) groups excluding carboxylic acids is 2. The average Bonchev–Trinajstić information content (AvgIpc) is 2.58. The van der Waals surface area contributed by atoms with Crippen LogP contribution in [0.2, 0.25) is 0 Å². The number of hydrogen-bond acceptors (Lipinski definition) is 5. The van der Waals surface area contributed by atoms with E-state index in [2.05, 4.69) is 27.5 Å². The molecule has 0 aliphatic rings. The molecule has 0 saturated carbocycles. The van der Waals surface area contributed by atoms with Gasteiger partial charge in [-0.2, -0.15) is 0 Å². The highest BCUT2D eigenvalue weighted by Crippen LogP contribution is 2.17. The summed E-state index contributed by atoms with van der Waals surface area (Å²) < 4.78 is 1.60. The molecule has 0 aromatic carbocycles. The predicted molar refractivity (Wildman–Crippen MR) is 95.0 cm³/mol. The molecule has 0 atom stereocenters. The first kappa shape index (κ1) is 18.0. The molecule has 8 heteroatoms. The van der Waals surface area contributed by atoms with Crippen LogP contribution >= 0.6 is 0 Å². The van der Waals surface area contributed by atoms with E-state index in [1.807, 2.05) is 6.92 Å². The lowest BCUT2D eigenvalue weighted by Gasteiger charge is -2.14. The molecule has 4 N–H and O–H groups in total. The van der Waals surface area contributed by atoms with E-state index in [-0.39, 0.29) is 23.8 Å². The first-order valence-electron chi connectivity index (χ1n) is 7.69. The number of rotatable bonds is 3. The van der Waals surface area contributed by atoms with Gasteiger partial charge in [-0.1, -0.05) is 5.92 Å². The van der Waals surface area contributed by atoms with Gasteiger partial charge < -0.3 is 20.9 Å². The molecule has 8 nitrogen and oxygen atoms in total. The molecule has 0 bridgehead atoms. The van der Waals surface area contributed by atoms with E-state index in [9.17, 15) is 14.4 Å². The smallest absolute Gasteiger partial charge is 0.258 e. The van der Waals surface area contributed by atoms with Crippen molar-refractivity contribution in [3.8, 4) is 11.8 Å². The number of aryl methyl sites for hydroxylation is 1. The van der Waals surface area contributed by atoms with Crippen molar-refractivity contribution in [2.45, 2.75) is 20.4 Å². The lowest BCUT2D eigenvalue weighted by atomic mass is 10.1. The summed E-state index contributed by atoms with van der Waals surface area (Å²) in [5, 5.41) is 5.28. The second kappa shape index (κ2) is 7.49. The van der Waals surface area contributed by atoms with Crippen LogP contribution in [0.3, 0.4) is 0 Å². The largest absolute Gasteiger partial charge is 0.384 e. The molecule has 0 aliphatic heterocycles. The SMILES string of the molecule is CCn1c(N)c(C(=O)NC)c(=O)c2ccc(C#CCNC(C)=O)nc21. The van der Waals surface area contributed by atoms with Gasteiger partial charge in [0.1, 0.15) is 22.7 Å². The maximum atomic E-state index is 12.6. The second-order valence-electron chi connectivity index (χ2n) is 5.19. The summed E-state index contributed by atoms with van der Waals surface area (Å²) in [6.45, 7) is 3.88. The summed E-state index contributed by atoms with van der Waals surface area (Å²) in [7, 11) is 1.44. The number of nitrogens with one attached hydrogen (secondary N) is 2. The predicted octanol–water partition coefficient (Wildman–Crippen LogP) is -0.154. The first-order valence-corrected chi connectivity index (χ1v) is 7.69. The molecular formula is C17H19N5O3. The van der Waals surface area contributed by atoms with E-state index in [0.717, 1.165) is 0 Å². The Morgan fingerprint density at radius 2 is 2.08 bits per heavy atom. The molecule has 2 heterocycles. The summed E-state index contributed by atoms with van der Waals surface area (Å²) >= 11 is 0. The number of anilines is 1. The van der Waals surface area contributed by atoms with E-state index in [4.69, 9.17) is 5.73 Å². The topological polar surface area (TPSA) is 119 Å². The van der Waals surface area contributed by atoms with Gasteiger partial charge in [0.2, 0.25) is 11.3 Å². The quantitative estimate of drug-likeness (QED) is 0.671. The van der Waals surface area contributed by atoms with Crippen LogP contribution in [0.1, 0.15) is 29.9 Å². The minimum atomic E-state index is -0.536. The van der Waals surface area contributed by atoms with Gasteiger partial charge in [-0.25, -0.2) is 4.98 Å². The fraction of sp³-hybridized carbons (Fsp3) is 0.294. The Labute approximate surface area is 144 Å². The summed E-state index contributed by atoms with van der Waals surface area (Å²) in [5.74, 6) is 4.95. The third-order valence-electron chi connectivity index (χ3n) is 3.56. The van der Waals surface area contributed by atoms with Crippen LogP contribution in [0.4, 0.5) is 5.82 Å². The van der Waals surface area contributed by atoms with E-state index in [1.54, 1.807) is 16.7 Å². The fourth-order valence-corrected chi connectivity index (χ4v) is 2.37. The third kappa shape index (κ3) is 3.61. The number of fused-ring (bicyclic) bond motifs is 1. The second-order valence-corrected chi connectivity index (χ2v) is 5.19. The number of nitrogens with two attached hydrogens (primary N) is 1. The first-order chi connectivity index (χ1) is 11.9. The van der Waals surface area contributed by atoms with Gasteiger partial charge in [-0.05, 0) is 25.0 Å². The number of hydrogen-bond donors (Lipinski definition) is 3. The maximum Gasteiger partial charge on any atom is 0.258 e. The van der Waals surface area contributed by atoms with Crippen molar-refractivity contribution >= 4 is 28.7 Å². The monoisotopic (exact) mass is 341 g/mol. The number of amides is 2. The van der Waals surface area contributed by atoms with Crippen molar-refractivity contribution in [1.82, 2.24) is 20.2 Å².